The maximum atomic E-state index is 6.10. The maximum Gasteiger partial charge on any atom is 0.232 e. The highest BCUT2D eigenvalue weighted by molar-refractivity contribution is 5.09. The summed E-state index contributed by atoms with van der Waals surface area (Å²) >= 11 is 0. The molecule has 1 aromatic heterocycles. The van der Waals surface area contributed by atoms with Gasteiger partial charge in [-0.15, -0.1) is 0 Å². The number of hydrogen-bond acceptors (Lipinski definition) is 4. The summed E-state index contributed by atoms with van der Waals surface area (Å²) in [4.78, 5) is 8.45. The van der Waals surface area contributed by atoms with Gasteiger partial charge in [-0.1, -0.05) is 20.8 Å². The fourth-order valence-corrected chi connectivity index (χ4v) is 1.23. The van der Waals surface area contributed by atoms with Crippen LogP contribution in [0.1, 0.15) is 33.4 Å². The summed E-state index contributed by atoms with van der Waals surface area (Å²) in [6.07, 6.45) is 4.08. The monoisotopic (exact) mass is 223 g/mol. The Morgan fingerprint density at radius 3 is 2.62 bits per heavy atom. The second-order valence-electron chi connectivity index (χ2n) is 4.96. The first-order valence-corrected chi connectivity index (χ1v) is 5.62. The van der Waals surface area contributed by atoms with Gasteiger partial charge in [0.15, 0.2) is 0 Å². The molecule has 0 fully saturated rings. The zero-order chi connectivity index (χ0) is 12.2. The minimum absolute atomic E-state index is 0.0682. The summed E-state index contributed by atoms with van der Waals surface area (Å²) in [7, 11) is 0. The quantitative estimate of drug-likeness (QED) is 0.845. The van der Waals surface area contributed by atoms with Gasteiger partial charge in [0.2, 0.25) is 5.88 Å². The molecular formula is C12H21N3O. The van der Waals surface area contributed by atoms with E-state index in [1.165, 1.54) is 0 Å². The highest BCUT2D eigenvalue weighted by Crippen LogP contribution is 2.20. The Hall–Kier alpha value is -1.16. The average molecular weight is 223 g/mol. The number of rotatable bonds is 4. The first kappa shape index (κ1) is 12.9. The standard InChI is InChI=1S/C12H21N3O/c1-5-16-11-8-14-7-9(15-11)6-10(13)12(2,3)4/h7-8,10H,5-6,13H2,1-4H3. The summed E-state index contributed by atoms with van der Waals surface area (Å²) in [5, 5.41) is 0. The van der Waals surface area contributed by atoms with E-state index in [1.807, 2.05) is 6.92 Å². The molecule has 1 aromatic rings. The smallest absolute Gasteiger partial charge is 0.232 e. The lowest BCUT2D eigenvalue weighted by Gasteiger charge is -2.26. The highest BCUT2D eigenvalue weighted by atomic mass is 16.5. The van der Waals surface area contributed by atoms with E-state index >= 15 is 0 Å². The second kappa shape index (κ2) is 5.25. The maximum absolute atomic E-state index is 6.10. The third kappa shape index (κ3) is 3.77. The third-order valence-corrected chi connectivity index (χ3v) is 2.50. The minimum Gasteiger partial charge on any atom is -0.477 e. The molecule has 0 aliphatic rings. The van der Waals surface area contributed by atoms with Crippen molar-refractivity contribution in [3.8, 4) is 5.88 Å². The topological polar surface area (TPSA) is 61.0 Å². The molecule has 0 bridgehead atoms. The molecule has 90 valence electrons. The van der Waals surface area contributed by atoms with E-state index in [2.05, 4.69) is 30.7 Å². The van der Waals surface area contributed by atoms with Crippen LogP contribution in [0.3, 0.4) is 0 Å². The summed E-state index contributed by atoms with van der Waals surface area (Å²) in [6.45, 7) is 8.89. The molecule has 1 atom stereocenters. The minimum atomic E-state index is 0.0682. The van der Waals surface area contributed by atoms with Crippen LogP contribution in [0.15, 0.2) is 12.4 Å². The molecule has 0 saturated heterocycles. The third-order valence-electron chi connectivity index (χ3n) is 2.50. The van der Waals surface area contributed by atoms with Crippen LogP contribution < -0.4 is 10.5 Å². The average Bonchev–Trinajstić information content (AvgIpc) is 2.17. The van der Waals surface area contributed by atoms with Crippen molar-refractivity contribution in [2.45, 2.75) is 40.2 Å². The molecule has 16 heavy (non-hydrogen) atoms. The van der Waals surface area contributed by atoms with Crippen LogP contribution in [0.5, 0.6) is 5.88 Å². The lowest BCUT2D eigenvalue weighted by molar-refractivity contribution is 0.309. The zero-order valence-electron chi connectivity index (χ0n) is 10.5. The Labute approximate surface area is 97.2 Å². The van der Waals surface area contributed by atoms with Crippen LogP contribution >= 0.6 is 0 Å². The summed E-state index contributed by atoms with van der Waals surface area (Å²) in [6, 6.07) is 0.0682. The number of nitrogens with zero attached hydrogens (tertiary/aromatic N) is 2. The van der Waals surface area contributed by atoms with Crippen molar-refractivity contribution in [2.75, 3.05) is 6.61 Å². The van der Waals surface area contributed by atoms with Crippen LogP contribution in [0.4, 0.5) is 0 Å². The van der Waals surface area contributed by atoms with E-state index in [4.69, 9.17) is 10.5 Å². The molecule has 4 nitrogen and oxygen atoms in total. The lowest BCUT2D eigenvalue weighted by Crippen LogP contribution is -2.37. The predicted molar refractivity (Wildman–Crippen MR) is 64.3 cm³/mol. The fraction of sp³-hybridized carbons (Fsp3) is 0.667. The molecule has 4 heteroatoms. The first-order valence-electron chi connectivity index (χ1n) is 5.62. The van der Waals surface area contributed by atoms with Crippen molar-refractivity contribution in [2.24, 2.45) is 11.1 Å². The van der Waals surface area contributed by atoms with Gasteiger partial charge in [-0.2, -0.15) is 0 Å². The van der Waals surface area contributed by atoms with Crippen LogP contribution in [-0.2, 0) is 6.42 Å². The Bertz CT molecular complexity index is 333. The fourth-order valence-electron chi connectivity index (χ4n) is 1.23. The van der Waals surface area contributed by atoms with E-state index in [9.17, 15) is 0 Å². The van der Waals surface area contributed by atoms with Crippen molar-refractivity contribution in [1.82, 2.24) is 9.97 Å². The van der Waals surface area contributed by atoms with E-state index in [0.29, 0.717) is 12.5 Å². The van der Waals surface area contributed by atoms with Gasteiger partial charge < -0.3 is 10.5 Å². The number of nitrogens with two attached hydrogens (primary N) is 1. The molecule has 1 rings (SSSR count). The van der Waals surface area contributed by atoms with Crippen molar-refractivity contribution in [3.63, 3.8) is 0 Å². The van der Waals surface area contributed by atoms with Crippen LogP contribution in [-0.4, -0.2) is 22.6 Å². The van der Waals surface area contributed by atoms with Gasteiger partial charge in [0.25, 0.3) is 0 Å². The molecule has 0 amide bonds. The van der Waals surface area contributed by atoms with Gasteiger partial charge in [-0.25, -0.2) is 4.98 Å². The molecule has 0 aliphatic carbocycles. The molecule has 1 unspecified atom stereocenters. The molecule has 2 N–H and O–H groups in total. The Morgan fingerprint density at radius 2 is 2.06 bits per heavy atom. The van der Waals surface area contributed by atoms with Gasteiger partial charge in [0.1, 0.15) is 0 Å². The van der Waals surface area contributed by atoms with Crippen LogP contribution in [0, 0.1) is 5.41 Å². The van der Waals surface area contributed by atoms with Gasteiger partial charge in [-0.3, -0.25) is 4.98 Å². The lowest BCUT2D eigenvalue weighted by atomic mass is 9.85. The Kier molecular flexibility index (Phi) is 4.24. The number of hydrogen-bond donors (Lipinski definition) is 1. The normalized spacial score (nSPS) is 13.6. The van der Waals surface area contributed by atoms with Gasteiger partial charge >= 0.3 is 0 Å². The molecule has 0 radical (unpaired) electrons. The number of aromatic nitrogens is 2. The Balaban J connectivity index is 2.70. The summed E-state index contributed by atoms with van der Waals surface area (Å²) < 4.78 is 5.30. The second-order valence-corrected chi connectivity index (χ2v) is 4.96. The summed E-state index contributed by atoms with van der Waals surface area (Å²) in [5.41, 5.74) is 7.05. The molecule has 0 aromatic carbocycles. The van der Waals surface area contributed by atoms with Crippen molar-refractivity contribution < 1.29 is 4.74 Å². The predicted octanol–water partition coefficient (Wildman–Crippen LogP) is 1.79. The summed E-state index contributed by atoms with van der Waals surface area (Å²) in [5.74, 6) is 0.570. The molecular weight excluding hydrogens is 202 g/mol. The van der Waals surface area contributed by atoms with E-state index in [-0.39, 0.29) is 11.5 Å². The molecule has 0 saturated carbocycles. The molecule has 0 aliphatic heterocycles. The van der Waals surface area contributed by atoms with Crippen molar-refractivity contribution in [1.29, 1.82) is 0 Å². The zero-order valence-corrected chi connectivity index (χ0v) is 10.5. The largest absolute Gasteiger partial charge is 0.477 e. The van der Waals surface area contributed by atoms with E-state index in [0.717, 1.165) is 12.1 Å². The number of ether oxygens (including phenoxy) is 1. The van der Waals surface area contributed by atoms with Crippen LogP contribution in [0.2, 0.25) is 0 Å². The highest BCUT2D eigenvalue weighted by Gasteiger charge is 2.21. The van der Waals surface area contributed by atoms with Gasteiger partial charge in [0, 0.05) is 18.7 Å². The van der Waals surface area contributed by atoms with Gasteiger partial charge in [-0.05, 0) is 12.3 Å². The van der Waals surface area contributed by atoms with Crippen LogP contribution in [0.25, 0.3) is 0 Å². The van der Waals surface area contributed by atoms with E-state index < -0.39 is 0 Å². The SMILES string of the molecule is CCOc1cncc(CC(N)C(C)(C)C)n1. The van der Waals surface area contributed by atoms with Gasteiger partial charge in [0.05, 0.1) is 18.5 Å². The van der Waals surface area contributed by atoms with E-state index in [1.54, 1.807) is 12.4 Å². The first-order chi connectivity index (χ1) is 7.43. The van der Waals surface area contributed by atoms with Crippen molar-refractivity contribution in [3.05, 3.63) is 18.1 Å². The Morgan fingerprint density at radius 1 is 1.38 bits per heavy atom. The van der Waals surface area contributed by atoms with Crippen molar-refractivity contribution >= 4 is 0 Å². The molecule has 0 spiro atoms. The molecule has 1 heterocycles.